The minimum absolute atomic E-state index is 0.0277. The van der Waals surface area contributed by atoms with E-state index >= 15 is 0 Å². The van der Waals surface area contributed by atoms with Crippen LogP contribution in [0.3, 0.4) is 0 Å². The highest BCUT2D eigenvalue weighted by molar-refractivity contribution is 7.99. The summed E-state index contributed by atoms with van der Waals surface area (Å²) in [5, 5.41) is 9.10. The molecule has 30 heavy (non-hydrogen) atoms. The van der Waals surface area contributed by atoms with Crippen LogP contribution < -0.4 is 0 Å². The molecule has 0 spiro atoms. The van der Waals surface area contributed by atoms with E-state index in [-0.39, 0.29) is 11.4 Å². The lowest BCUT2D eigenvalue weighted by atomic mass is 9.52. The number of nitriles is 1. The Kier molecular flexibility index (Phi) is 5.37. The number of hydrogen-bond donors (Lipinski definition) is 0. The first-order valence-corrected chi connectivity index (χ1v) is 12.2. The van der Waals surface area contributed by atoms with Crippen LogP contribution in [0.4, 0.5) is 0 Å². The van der Waals surface area contributed by atoms with E-state index in [1.54, 1.807) is 18.0 Å². The van der Waals surface area contributed by atoms with Crippen molar-refractivity contribution in [2.24, 2.45) is 17.8 Å². The van der Waals surface area contributed by atoms with E-state index in [1.807, 2.05) is 36.4 Å². The summed E-state index contributed by atoms with van der Waals surface area (Å²) < 4.78 is 5.65. The van der Waals surface area contributed by atoms with Crippen LogP contribution in [-0.2, 0) is 17.1 Å². The molecular formula is C25H28N2O2S. The molecule has 5 heteroatoms. The van der Waals surface area contributed by atoms with Gasteiger partial charge < -0.3 is 9.32 Å². The van der Waals surface area contributed by atoms with Gasteiger partial charge in [-0.05, 0) is 86.1 Å². The molecule has 0 unspecified atom stereocenters. The van der Waals surface area contributed by atoms with Crippen molar-refractivity contribution in [3.05, 3.63) is 59.5 Å². The molecule has 0 N–H and O–H groups in total. The minimum atomic E-state index is 0.0277. The van der Waals surface area contributed by atoms with Crippen molar-refractivity contribution >= 4 is 17.7 Å². The van der Waals surface area contributed by atoms with Gasteiger partial charge in [0.05, 0.1) is 30.2 Å². The third-order valence-electron chi connectivity index (χ3n) is 7.32. The molecule has 4 aliphatic carbocycles. The van der Waals surface area contributed by atoms with Crippen LogP contribution in [0.2, 0.25) is 0 Å². The van der Waals surface area contributed by atoms with E-state index < -0.39 is 0 Å². The number of hydrogen-bond acceptors (Lipinski definition) is 4. The molecule has 156 valence electrons. The molecule has 0 atom stereocenters. The average Bonchev–Trinajstić information content (AvgIpc) is 3.24. The lowest BCUT2D eigenvalue weighted by Gasteiger charge is -2.60. The molecule has 1 aromatic heterocycles. The second-order valence-electron chi connectivity index (χ2n) is 9.51. The Morgan fingerprint density at radius 3 is 2.50 bits per heavy atom. The second-order valence-corrected chi connectivity index (χ2v) is 10.5. The van der Waals surface area contributed by atoms with E-state index in [2.05, 4.69) is 11.0 Å². The van der Waals surface area contributed by atoms with Gasteiger partial charge in [-0.3, -0.25) is 4.79 Å². The highest BCUT2D eigenvalue weighted by atomic mass is 32.2. The molecule has 4 bridgehead atoms. The first-order chi connectivity index (χ1) is 14.6. The lowest BCUT2D eigenvalue weighted by Crippen LogP contribution is -2.61. The number of carbonyl (C=O) groups is 1. The zero-order chi connectivity index (χ0) is 20.6. The zero-order valence-electron chi connectivity index (χ0n) is 17.3. The fraction of sp³-hybridized carbons (Fsp3) is 0.520. The number of benzene rings is 1. The number of carbonyl (C=O) groups excluding carboxylic acids is 1. The maximum absolute atomic E-state index is 13.5. The fourth-order valence-corrected chi connectivity index (χ4v) is 7.39. The first-order valence-electron chi connectivity index (χ1n) is 11.0. The summed E-state index contributed by atoms with van der Waals surface area (Å²) >= 11 is 1.65. The summed E-state index contributed by atoms with van der Waals surface area (Å²) in [6.07, 6.45) is 9.31. The maximum atomic E-state index is 13.5. The molecule has 2 aromatic rings. The van der Waals surface area contributed by atoms with Crippen molar-refractivity contribution < 1.29 is 9.21 Å². The van der Waals surface area contributed by atoms with Crippen molar-refractivity contribution in [2.45, 2.75) is 56.4 Å². The minimum Gasteiger partial charge on any atom is -0.467 e. The molecule has 4 fully saturated rings. The summed E-state index contributed by atoms with van der Waals surface area (Å²) in [6, 6.07) is 13.8. The Labute approximate surface area is 182 Å². The second kappa shape index (κ2) is 8.15. The molecule has 6 rings (SSSR count). The maximum Gasteiger partial charge on any atom is 0.233 e. The van der Waals surface area contributed by atoms with Gasteiger partial charge in [0.15, 0.2) is 0 Å². The Hall–Kier alpha value is -2.19. The van der Waals surface area contributed by atoms with Gasteiger partial charge in [0, 0.05) is 11.3 Å². The van der Waals surface area contributed by atoms with E-state index in [1.165, 1.54) is 38.5 Å². The Morgan fingerprint density at radius 2 is 1.87 bits per heavy atom. The van der Waals surface area contributed by atoms with Crippen molar-refractivity contribution in [3.8, 4) is 6.07 Å². The highest BCUT2D eigenvalue weighted by Gasteiger charge is 2.54. The van der Waals surface area contributed by atoms with Gasteiger partial charge in [-0.15, -0.1) is 11.8 Å². The van der Waals surface area contributed by atoms with E-state index in [9.17, 15) is 4.79 Å². The van der Waals surface area contributed by atoms with Crippen LogP contribution in [0.15, 0.2) is 47.1 Å². The fourth-order valence-electron chi connectivity index (χ4n) is 6.54. The number of rotatable bonds is 7. The largest absolute Gasteiger partial charge is 0.467 e. The van der Waals surface area contributed by atoms with Gasteiger partial charge in [0.25, 0.3) is 0 Å². The van der Waals surface area contributed by atoms with E-state index in [4.69, 9.17) is 9.68 Å². The molecule has 4 aliphatic rings. The number of nitrogens with zero attached hydrogens (tertiary/aromatic N) is 2. The van der Waals surface area contributed by atoms with E-state index in [0.29, 0.717) is 17.9 Å². The van der Waals surface area contributed by atoms with Crippen LogP contribution in [0.1, 0.15) is 55.4 Å². The average molecular weight is 421 g/mol. The third kappa shape index (κ3) is 3.90. The Morgan fingerprint density at radius 1 is 1.13 bits per heavy atom. The van der Waals surface area contributed by atoms with Crippen LogP contribution in [-0.4, -0.2) is 22.1 Å². The Bertz CT molecular complexity index is 911. The van der Waals surface area contributed by atoms with Crippen LogP contribution in [0.25, 0.3) is 0 Å². The molecule has 0 radical (unpaired) electrons. The number of furan rings is 1. The predicted molar refractivity (Wildman–Crippen MR) is 117 cm³/mol. The SMILES string of the molecule is N#Cc1cccc(CSCC(=O)N(Cc2ccco2)C23CC4CC(CC(C4)C2)C3)c1. The molecule has 1 amide bonds. The summed E-state index contributed by atoms with van der Waals surface area (Å²) in [4.78, 5) is 15.7. The number of thioether (sulfide) groups is 1. The molecule has 4 nitrogen and oxygen atoms in total. The topological polar surface area (TPSA) is 57.2 Å². The zero-order valence-corrected chi connectivity index (χ0v) is 18.1. The van der Waals surface area contributed by atoms with Gasteiger partial charge in [-0.1, -0.05) is 12.1 Å². The van der Waals surface area contributed by atoms with Gasteiger partial charge in [-0.25, -0.2) is 0 Å². The van der Waals surface area contributed by atoms with E-state index in [0.717, 1.165) is 34.8 Å². The molecule has 0 saturated heterocycles. The van der Waals surface area contributed by atoms with Crippen LogP contribution in [0, 0.1) is 29.1 Å². The van der Waals surface area contributed by atoms with Gasteiger partial charge >= 0.3 is 0 Å². The van der Waals surface area contributed by atoms with Crippen LogP contribution >= 0.6 is 11.8 Å². The quantitative estimate of drug-likeness (QED) is 0.603. The summed E-state index contributed by atoms with van der Waals surface area (Å²) in [6.45, 7) is 0.586. The van der Waals surface area contributed by atoms with Crippen LogP contribution in [0.5, 0.6) is 0 Å². The van der Waals surface area contributed by atoms with Gasteiger partial charge in [0.2, 0.25) is 5.91 Å². The third-order valence-corrected chi connectivity index (χ3v) is 8.31. The van der Waals surface area contributed by atoms with Gasteiger partial charge in [0.1, 0.15) is 5.76 Å². The van der Waals surface area contributed by atoms with Gasteiger partial charge in [-0.2, -0.15) is 5.26 Å². The van der Waals surface area contributed by atoms with Crippen molar-refractivity contribution in [1.29, 1.82) is 5.26 Å². The Balaban J connectivity index is 1.30. The summed E-state index contributed by atoms with van der Waals surface area (Å²) in [5.41, 5.74) is 1.80. The number of amides is 1. The van der Waals surface area contributed by atoms with Crippen molar-refractivity contribution in [3.63, 3.8) is 0 Å². The molecule has 1 aromatic carbocycles. The first kappa shape index (κ1) is 19.8. The monoisotopic (exact) mass is 420 g/mol. The standard InChI is InChI=1S/C25H28N2O2S/c26-14-18-3-1-4-19(7-18)16-30-17-24(28)27(15-23-5-2-6-29-23)25-11-20-8-21(12-25)10-22(9-20)13-25/h1-7,20-22H,8-13,15-17H2. The smallest absolute Gasteiger partial charge is 0.233 e. The predicted octanol–water partition coefficient (Wildman–Crippen LogP) is 5.38. The molecule has 4 saturated carbocycles. The molecule has 1 heterocycles. The van der Waals surface area contributed by atoms with Crippen molar-refractivity contribution in [1.82, 2.24) is 4.90 Å². The summed E-state index contributed by atoms with van der Waals surface area (Å²) in [5.74, 6) is 4.72. The summed E-state index contributed by atoms with van der Waals surface area (Å²) in [7, 11) is 0. The normalized spacial score (nSPS) is 29.0. The highest BCUT2D eigenvalue weighted by Crippen LogP contribution is 2.58. The molecular weight excluding hydrogens is 392 g/mol. The van der Waals surface area contributed by atoms with Crippen molar-refractivity contribution in [2.75, 3.05) is 5.75 Å². The lowest BCUT2D eigenvalue weighted by molar-refractivity contribution is -0.150. The molecule has 0 aliphatic heterocycles.